The van der Waals surface area contributed by atoms with E-state index in [9.17, 15) is 4.79 Å². The Kier molecular flexibility index (Phi) is 3.49. The Bertz CT molecular complexity index is 493. The van der Waals surface area contributed by atoms with Gasteiger partial charge in [0.2, 0.25) is 0 Å². The highest BCUT2D eigenvalue weighted by molar-refractivity contribution is 7.10. The predicted octanol–water partition coefficient (Wildman–Crippen LogP) is 2.34. The summed E-state index contributed by atoms with van der Waals surface area (Å²) in [6, 6.07) is 3.95. The first-order valence-electron chi connectivity index (χ1n) is 5.29. The highest BCUT2D eigenvalue weighted by Crippen LogP contribution is 2.18. The molecule has 2 rings (SSSR count). The Hall–Kier alpha value is -1.75. The third-order valence-electron chi connectivity index (χ3n) is 2.33. The van der Waals surface area contributed by atoms with Crippen LogP contribution in [0.5, 0.6) is 0 Å². The van der Waals surface area contributed by atoms with Crippen molar-refractivity contribution in [3.05, 3.63) is 46.2 Å². The summed E-state index contributed by atoms with van der Waals surface area (Å²) >= 11 is 1.62. The zero-order valence-corrected chi connectivity index (χ0v) is 10.5. The summed E-state index contributed by atoms with van der Waals surface area (Å²) in [7, 11) is 0. The van der Waals surface area contributed by atoms with Crippen LogP contribution in [0.15, 0.2) is 29.9 Å². The topological polar surface area (TPSA) is 54.9 Å². The number of thiophene rings is 1. The van der Waals surface area contributed by atoms with Gasteiger partial charge < -0.3 is 5.32 Å². The van der Waals surface area contributed by atoms with E-state index in [1.165, 1.54) is 6.20 Å². The second-order valence-electron chi connectivity index (χ2n) is 3.75. The second-order valence-corrected chi connectivity index (χ2v) is 4.73. The fraction of sp³-hybridized carbons (Fsp3) is 0.250. The first-order valence-corrected chi connectivity index (χ1v) is 6.17. The molecule has 0 aliphatic rings. The molecule has 2 aromatic rings. The highest BCUT2D eigenvalue weighted by Gasteiger charge is 2.13. The van der Waals surface area contributed by atoms with Gasteiger partial charge in [-0.05, 0) is 25.3 Å². The van der Waals surface area contributed by atoms with E-state index in [0.29, 0.717) is 5.69 Å². The van der Waals surface area contributed by atoms with Crippen LogP contribution in [-0.4, -0.2) is 15.9 Å². The molecule has 2 heterocycles. The summed E-state index contributed by atoms with van der Waals surface area (Å²) in [5.74, 6) is -0.196. The Morgan fingerprint density at radius 3 is 2.82 bits per heavy atom. The SMILES string of the molecule is Cc1cnc(C(=O)NC(C)c2cccs2)cn1. The summed E-state index contributed by atoms with van der Waals surface area (Å²) in [5.41, 5.74) is 1.15. The summed E-state index contributed by atoms with van der Waals surface area (Å²) < 4.78 is 0. The van der Waals surface area contributed by atoms with E-state index in [-0.39, 0.29) is 11.9 Å². The quantitative estimate of drug-likeness (QED) is 0.905. The van der Waals surface area contributed by atoms with Gasteiger partial charge in [0.25, 0.3) is 5.91 Å². The van der Waals surface area contributed by atoms with Crippen molar-refractivity contribution in [3.63, 3.8) is 0 Å². The fourth-order valence-corrected chi connectivity index (χ4v) is 2.12. The molecule has 0 aliphatic carbocycles. The lowest BCUT2D eigenvalue weighted by Gasteiger charge is -2.11. The van der Waals surface area contributed by atoms with E-state index in [0.717, 1.165) is 10.6 Å². The summed E-state index contributed by atoms with van der Waals surface area (Å²) in [6.45, 7) is 3.79. The highest BCUT2D eigenvalue weighted by atomic mass is 32.1. The van der Waals surface area contributed by atoms with E-state index >= 15 is 0 Å². The van der Waals surface area contributed by atoms with Crippen LogP contribution in [0.25, 0.3) is 0 Å². The molecule has 0 aliphatic heterocycles. The number of nitrogens with zero attached hydrogens (tertiary/aromatic N) is 2. The number of hydrogen-bond donors (Lipinski definition) is 1. The first-order chi connectivity index (χ1) is 8.16. The number of nitrogens with one attached hydrogen (secondary N) is 1. The molecule has 0 bridgehead atoms. The zero-order chi connectivity index (χ0) is 12.3. The molecular formula is C12H13N3OS. The van der Waals surface area contributed by atoms with Gasteiger partial charge in [-0.25, -0.2) is 4.98 Å². The lowest BCUT2D eigenvalue weighted by Crippen LogP contribution is -2.27. The van der Waals surface area contributed by atoms with Crippen molar-refractivity contribution >= 4 is 17.2 Å². The normalized spacial score (nSPS) is 12.1. The maximum atomic E-state index is 11.9. The molecule has 0 fully saturated rings. The third kappa shape index (κ3) is 2.88. The molecule has 4 nitrogen and oxygen atoms in total. The summed E-state index contributed by atoms with van der Waals surface area (Å²) in [5, 5.41) is 4.88. The van der Waals surface area contributed by atoms with E-state index in [1.807, 2.05) is 31.4 Å². The van der Waals surface area contributed by atoms with Crippen molar-refractivity contribution in [2.24, 2.45) is 0 Å². The molecule has 2 aromatic heterocycles. The van der Waals surface area contributed by atoms with Gasteiger partial charge in [0.1, 0.15) is 5.69 Å². The lowest BCUT2D eigenvalue weighted by molar-refractivity contribution is 0.0935. The molecule has 1 amide bonds. The van der Waals surface area contributed by atoms with Crippen LogP contribution in [0.4, 0.5) is 0 Å². The molecule has 0 saturated heterocycles. The minimum Gasteiger partial charge on any atom is -0.343 e. The van der Waals surface area contributed by atoms with Crippen molar-refractivity contribution in [2.45, 2.75) is 19.9 Å². The van der Waals surface area contributed by atoms with Gasteiger partial charge in [0, 0.05) is 11.1 Å². The van der Waals surface area contributed by atoms with Gasteiger partial charge in [0.15, 0.2) is 0 Å². The molecule has 1 N–H and O–H groups in total. The first kappa shape index (κ1) is 11.7. The van der Waals surface area contributed by atoms with Gasteiger partial charge in [-0.15, -0.1) is 11.3 Å². The number of hydrogen-bond acceptors (Lipinski definition) is 4. The molecule has 88 valence electrons. The van der Waals surface area contributed by atoms with E-state index in [4.69, 9.17) is 0 Å². The Balaban J connectivity index is 2.04. The van der Waals surface area contributed by atoms with Crippen LogP contribution in [0.2, 0.25) is 0 Å². The van der Waals surface area contributed by atoms with E-state index in [2.05, 4.69) is 15.3 Å². The molecule has 1 atom stereocenters. The lowest BCUT2D eigenvalue weighted by atomic mass is 10.2. The largest absolute Gasteiger partial charge is 0.343 e. The second kappa shape index (κ2) is 5.05. The Labute approximate surface area is 104 Å². The molecule has 5 heteroatoms. The molecular weight excluding hydrogens is 234 g/mol. The van der Waals surface area contributed by atoms with Crippen LogP contribution in [0.1, 0.15) is 34.0 Å². The van der Waals surface area contributed by atoms with Gasteiger partial charge in [-0.3, -0.25) is 9.78 Å². The smallest absolute Gasteiger partial charge is 0.271 e. The Morgan fingerprint density at radius 2 is 2.24 bits per heavy atom. The molecule has 0 radical (unpaired) electrons. The van der Waals surface area contributed by atoms with Crippen molar-refractivity contribution in [1.29, 1.82) is 0 Å². The maximum absolute atomic E-state index is 11.9. The van der Waals surface area contributed by atoms with E-state index < -0.39 is 0 Å². The van der Waals surface area contributed by atoms with Crippen molar-refractivity contribution < 1.29 is 4.79 Å². The maximum Gasteiger partial charge on any atom is 0.271 e. The summed E-state index contributed by atoms with van der Waals surface area (Å²) in [6.07, 6.45) is 3.08. The third-order valence-corrected chi connectivity index (χ3v) is 3.39. The standard InChI is InChI=1S/C12H13N3OS/c1-8-6-14-10(7-13-8)12(16)15-9(2)11-4-3-5-17-11/h3-7,9H,1-2H3,(H,15,16). The van der Waals surface area contributed by atoms with Crippen LogP contribution in [-0.2, 0) is 0 Å². The van der Waals surface area contributed by atoms with Crippen LogP contribution < -0.4 is 5.32 Å². The van der Waals surface area contributed by atoms with Crippen LogP contribution in [0, 0.1) is 6.92 Å². The van der Waals surface area contributed by atoms with Crippen molar-refractivity contribution in [2.75, 3.05) is 0 Å². The van der Waals surface area contributed by atoms with Crippen molar-refractivity contribution in [3.8, 4) is 0 Å². The number of carbonyl (C=O) groups is 1. The number of rotatable bonds is 3. The van der Waals surface area contributed by atoms with Gasteiger partial charge >= 0.3 is 0 Å². The number of carbonyl (C=O) groups excluding carboxylic acids is 1. The van der Waals surface area contributed by atoms with Gasteiger partial charge in [0.05, 0.1) is 17.9 Å². The molecule has 0 saturated carbocycles. The average Bonchev–Trinajstić information content (AvgIpc) is 2.83. The van der Waals surface area contributed by atoms with E-state index in [1.54, 1.807) is 17.5 Å². The number of amides is 1. The molecule has 0 spiro atoms. The molecule has 17 heavy (non-hydrogen) atoms. The Morgan fingerprint density at radius 1 is 1.41 bits per heavy atom. The van der Waals surface area contributed by atoms with Gasteiger partial charge in [-0.2, -0.15) is 0 Å². The minimum atomic E-state index is -0.196. The zero-order valence-electron chi connectivity index (χ0n) is 9.68. The number of aryl methyl sites for hydroxylation is 1. The van der Waals surface area contributed by atoms with Gasteiger partial charge in [-0.1, -0.05) is 6.07 Å². The monoisotopic (exact) mass is 247 g/mol. The molecule has 1 unspecified atom stereocenters. The van der Waals surface area contributed by atoms with Crippen LogP contribution >= 0.6 is 11.3 Å². The van der Waals surface area contributed by atoms with Crippen molar-refractivity contribution in [1.82, 2.24) is 15.3 Å². The minimum absolute atomic E-state index is 0.00870. The summed E-state index contributed by atoms with van der Waals surface area (Å²) in [4.78, 5) is 21.1. The van der Waals surface area contributed by atoms with Crippen LogP contribution in [0.3, 0.4) is 0 Å². The molecule has 0 aromatic carbocycles. The number of aromatic nitrogens is 2. The predicted molar refractivity (Wildman–Crippen MR) is 67.0 cm³/mol. The fourth-order valence-electron chi connectivity index (χ4n) is 1.39. The average molecular weight is 247 g/mol.